The number of rotatable bonds is 2. The van der Waals surface area contributed by atoms with Gasteiger partial charge in [-0.2, -0.15) is 0 Å². The summed E-state index contributed by atoms with van der Waals surface area (Å²) >= 11 is 7.41. The molecule has 2 N–H and O–H groups in total. The summed E-state index contributed by atoms with van der Waals surface area (Å²) in [7, 11) is 0. The standard InChI is InChI=1S/C8H11ClN2S/c9-7-1-2-8(12-7)11-6-3-4-10-5-6/h1-2,6,10-11H,3-5H2. The van der Waals surface area contributed by atoms with Crippen molar-refractivity contribution in [2.75, 3.05) is 18.4 Å². The van der Waals surface area contributed by atoms with E-state index in [9.17, 15) is 0 Å². The molecule has 0 spiro atoms. The first-order valence-electron chi connectivity index (χ1n) is 4.07. The van der Waals surface area contributed by atoms with Crippen molar-refractivity contribution in [3.05, 3.63) is 16.5 Å². The Morgan fingerprint density at radius 3 is 3.08 bits per heavy atom. The molecule has 1 saturated heterocycles. The summed E-state index contributed by atoms with van der Waals surface area (Å²) in [4.78, 5) is 0. The summed E-state index contributed by atoms with van der Waals surface area (Å²) in [5, 5.41) is 7.92. The summed E-state index contributed by atoms with van der Waals surface area (Å²) in [6, 6.07) is 4.54. The SMILES string of the molecule is Clc1ccc(NC2CCNC2)s1. The second-order valence-corrected chi connectivity index (χ2v) is 4.65. The molecular weight excluding hydrogens is 192 g/mol. The van der Waals surface area contributed by atoms with Crippen molar-refractivity contribution >= 4 is 27.9 Å². The zero-order chi connectivity index (χ0) is 8.39. The van der Waals surface area contributed by atoms with Gasteiger partial charge in [-0.1, -0.05) is 11.6 Å². The lowest BCUT2D eigenvalue weighted by molar-refractivity contribution is 0.796. The van der Waals surface area contributed by atoms with Gasteiger partial charge in [-0.15, -0.1) is 11.3 Å². The molecule has 1 aromatic rings. The first kappa shape index (κ1) is 8.35. The van der Waals surface area contributed by atoms with Gasteiger partial charge in [-0.05, 0) is 25.1 Å². The van der Waals surface area contributed by atoms with Gasteiger partial charge in [0.2, 0.25) is 0 Å². The van der Waals surface area contributed by atoms with Crippen LogP contribution in [-0.2, 0) is 0 Å². The molecule has 1 aromatic heterocycles. The van der Waals surface area contributed by atoms with Crippen LogP contribution >= 0.6 is 22.9 Å². The molecule has 4 heteroatoms. The predicted molar refractivity (Wildman–Crippen MR) is 54.2 cm³/mol. The van der Waals surface area contributed by atoms with Crippen molar-refractivity contribution in [3.63, 3.8) is 0 Å². The summed E-state index contributed by atoms with van der Waals surface area (Å²) in [5.74, 6) is 0. The molecule has 1 fully saturated rings. The lowest BCUT2D eigenvalue weighted by Crippen LogP contribution is -2.21. The van der Waals surface area contributed by atoms with Gasteiger partial charge in [-0.3, -0.25) is 0 Å². The van der Waals surface area contributed by atoms with Gasteiger partial charge in [0, 0.05) is 12.6 Å². The van der Waals surface area contributed by atoms with E-state index < -0.39 is 0 Å². The fourth-order valence-corrected chi connectivity index (χ4v) is 2.39. The minimum absolute atomic E-state index is 0.583. The highest BCUT2D eigenvalue weighted by Crippen LogP contribution is 2.26. The van der Waals surface area contributed by atoms with Crippen LogP contribution in [0, 0.1) is 0 Å². The molecule has 0 amide bonds. The van der Waals surface area contributed by atoms with Crippen molar-refractivity contribution in [1.82, 2.24) is 5.32 Å². The fraction of sp³-hybridized carbons (Fsp3) is 0.500. The Balaban J connectivity index is 1.94. The quantitative estimate of drug-likeness (QED) is 0.768. The average Bonchev–Trinajstić information content (AvgIpc) is 2.63. The van der Waals surface area contributed by atoms with E-state index in [4.69, 9.17) is 11.6 Å². The van der Waals surface area contributed by atoms with E-state index in [0.717, 1.165) is 17.4 Å². The van der Waals surface area contributed by atoms with Crippen molar-refractivity contribution < 1.29 is 0 Å². The molecule has 2 nitrogen and oxygen atoms in total. The number of thiophene rings is 1. The van der Waals surface area contributed by atoms with E-state index in [-0.39, 0.29) is 0 Å². The molecule has 0 radical (unpaired) electrons. The van der Waals surface area contributed by atoms with Crippen LogP contribution in [0.1, 0.15) is 6.42 Å². The van der Waals surface area contributed by atoms with E-state index in [2.05, 4.69) is 10.6 Å². The maximum atomic E-state index is 5.81. The van der Waals surface area contributed by atoms with Crippen LogP contribution in [0.25, 0.3) is 0 Å². The van der Waals surface area contributed by atoms with Gasteiger partial charge in [0.15, 0.2) is 0 Å². The Morgan fingerprint density at radius 1 is 1.58 bits per heavy atom. The Hall–Kier alpha value is -0.250. The molecule has 0 saturated carbocycles. The van der Waals surface area contributed by atoms with Gasteiger partial charge < -0.3 is 10.6 Å². The molecular formula is C8H11ClN2S. The maximum absolute atomic E-state index is 5.81. The molecule has 1 aliphatic heterocycles. The van der Waals surface area contributed by atoms with Crippen LogP contribution in [0.4, 0.5) is 5.00 Å². The zero-order valence-corrected chi connectivity index (χ0v) is 8.21. The van der Waals surface area contributed by atoms with Crippen LogP contribution in [0.15, 0.2) is 12.1 Å². The molecule has 2 heterocycles. The predicted octanol–water partition coefficient (Wildman–Crippen LogP) is 2.18. The lowest BCUT2D eigenvalue weighted by Gasteiger charge is -2.09. The second kappa shape index (κ2) is 3.64. The van der Waals surface area contributed by atoms with E-state index in [1.165, 1.54) is 11.4 Å². The van der Waals surface area contributed by atoms with Crippen molar-refractivity contribution in [1.29, 1.82) is 0 Å². The second-order valence-electron chi connectivity index (χ2n) is 2.94. The summed E-state index contributed by atoms with van der Waals surface area (Å²) < 4.78 is 0.850. The largest absolute Gasteiger partial charge is 0.373 e. The van der Waals surface area contributed by atoms with Crippen LogP contribution < -0.4 is 10.6 Å². The Morgan fingerprint density at radius 2 is 2.50 bits per heavy atom. The third kappa shape index (κ3) is 1.91. The fourth-order valence-electron chi connectivity index (χ4n) is 1.37. The van der Waals surface area contributed by atoms with E-state index in [1.54, 1.807) is 11.3 Å². The highest BCUT2D eigenvalue weighted by atomic mass is 35.5. The van der Waals surface area contributed by atoms with Gasteiger partial charge in [0.05, 0.1) is 9.34 Å². The maximum Gasteiger partial charge on any atom is 0.0950 e. The molecule has 1 atom stereocenters. The Kier molecular flexibility index (Phi) is 2.54. The first-order valence-corrected chi connectivity index (χ1v) is 5.26. The average molecular weight is 203 g/mol. The van der Waals surface area contributed by atoms with Crippen molar-refractivity contribution in [2.45, 2.75) is 12.5 Å². The highest BCUT2D eigenvalue weighted by molar-refractivity contribution is 7.19. The minimum Gasteiger partial charge on any atom is -0.373 e. The van der Waals surface area contributed by atoms with Crippen LogP contribution in [0.3, 0.4) is 0 Å². The molecule has 1 unspecified atom stereocenters. The zero-order valence-electron chi connectivity index (χ0n) is 6.64. The van der Waals surface area contributed by atoms with Crippen LogP contribution in [0.2, 0.25) is 4.34 Å². The molecule has 2 rings (SSSR count). The summed E-state index contributed by atoms with van der Waals surface area (Å²) in [5.41, 5.74) is 0. The number of hydrogen-bond donors (Lipinski definition) is 2. The molecule has 12 heavy (non-hydrogen) atoms. The van der Waals surface area contributed by atoms with Crippen molar-refractivity contribution in [2.24, 2.45) is 0 Å². The molecule has 0 aromatic carbocycles. The number of halogens is 1. The molecule has 1 aliphatic rings. The normalized spacial score (nSPS) is 22.9. The van der Waals surface area contributed by atoms with E-state index >= 15 is 0 Å². The lowest BCUT2D eigenvalue weighted by atomic mass is 10.3. The monoisotopic (exact) mass is 202 g/mol. The Bertz CT molecular complexity index is 255. The molecule has 0 bridgehead atoms. The smallest absolute Gasteiger partial charge is 0.0950 e. The topological polar surface area (TPSA) is 24.1 Å². The number of nitrogens with one attached hydrogen (secondary N) is 2. The molecule has 66 valence electrons. The summed E-state index contributed by atoms with van der Waals surface area (Å²) in [6.07, 6.45) is 1.20. The third-order valence-electron chi connectivity index (χ3n) is 1.98. The minimum atomic E-state index is 0.583. The number of anilines is 1. The van der Waals surface area contributed by atoms with Gasteiger partial charge in [0.1, 0.15) is 0 Å². The highest BCUT2D eigenvalue weighted by Gasteiger charge is 2.14. The Labute approximate surface area is 80.9 Å². The van der Waals surface area contributed by atoms with Gasteiger partial charge in [-0.25, -0.2) is 0 Å². The van der Waals surface area contributed by atoms with Gasteiger partial charge in [0.25, 0.3) is 0 Å². The van der Waals surface area contributed by atoms with E-state index in [0.29, 0.717) is 6.04 Å². The van der Waals surface area contributed by atoms with Crippen LogP contribution in [-0.4, -0.2) is 19.1 Å². The van der Waals surface area contributed by atoms with E-state index in [1.807, 2.05) is 12.1 Å². The number of hydrogen-bond acceptors (Lipinski definition) is 3. The first-order chi connectivity index (χ1) is 5.84. The van der Waals surface area contributed by atoms with Crippen molar-refractivity contribution in [3.8, 4) is 0 Å². The third-order valence-corrected chi connectivity index (χ3v) is 3.14. The summed E-state index contributed by atoms with van der Waals surface area (Å²) in [6.45, 7) is 2.19. The molecule has 0 aliphatic carbocycles. The van der Waals surface area contributed by atoms with Crippen LogP contribution in [0.5, 0.6) is 0 Å². The van der Waals surface area contributed by atoms with Gasteiger partial charge >= 0.3 is 0 Å².